The van der Waals surface area contributed by atoms with E-state index < -0.39 is 0 Å². The fourth-order valence-corrected chi connectivity index (χ4v) is 1.66. The maximum atomic E-state index is 13.0. The summed E-state index contributed by atoms with van der Waals surface area (Å²) in [5.74, 6) is 1.21. The van der Waals surface area contributed by atoms with Crippen LogP contribution < -0.4 is 5.73 Å². The molecule has 1 heterocycles. The molecule has 0 saturated carbocycles. The fourth-order valence-electron chi connectivity index (χ4n) is 1.66. The van der Waals surface area contributed by atoms with Crippen molar-refractivity contribution >= 4 is 0 Å². The zero-order valence-corrected chi connectivity index (χ0v) is 10.3. The van der Waals surface area contributed by atoms with Gasteiger partial charge in [0, 0.05) is 12.8 Å². The lowest BCUT2D eigenvalue weighted by Gasteiger charge is -2.01. The van der Waals surface area contributed by atoms with E-state index in [0.717, 1.165) is 5.56 Å². The van der Waals surface area contributed by atoms with Crippen LogP contribution in [-0.2, 0) is 12.8 Å². The van der Waals surface area contributed by atoms with Crippen LogP contribution in [0.15, 0.2) is 28.8 Å². The highest BCUT2D eigenvalue weighted by Crippen LogP contribution is 2.10. The summed E-state index contributed by atoms with van der Waals surface area (Å²) in [6.07, 6.45) is 1.14. The predicted molar refractivity (Wildman–Crippen MR) is 65.4 cm³/mol. The van der Waals surface area contributed by atoms with Crippen LogP contribution in [0.4, 0.5) is 4.39 Å². The highest BCUT2D eigenvalue weighted by Gasteiger charge is 2.10. The van der Waals surface area contributed by atoms with Gasteiger partial charge in [-0.2, -0.15) is 4.98 Å². The van der Waals surface area contributed by atoms with E-state index in [2.05, 4.69) is 10.1 Å². The molecule has 0 fully saturated rings. The number of hydrogen-bond acceptors (Lipinski definition) is 4. The molecule has 5 heteroatoms. The monoisotopic (exact) mass is 249 g/mol. The number of aromatic nitrogens is 2. The molecular weight excluding hydrogens is 233 g/mol. The van der Waals surface area contributed by atoms with Gasteiger partial charge in [0.05, 0.1) is 0 Å². The SMILES string of the molecule is CC(CN)Cc1nc(Cc2cccc(F)c2)no1. The zero-order chi connectivity index (χ0) is 13.0. The molecule has 1 atom stereocenters. The molecule has 0 aliphatic rings. The largest absolute Gasteiger partial charge is 0.339 e. The number of rotatable bonds is 5. The van der Waals surface area contributed by atoms with Crippen molar-refractivity contribution in [1.29, 1.82) is 0 Å². The zero-order valence-electron chi connectivity index (χ0n) is 10.3. The van der Waals surface area contributed by atoms with E-state index in [4.69, 9.17) is 10.3 Å². The quantitative estimate of drug-likeness (QED) is 0.879. The smallest absolute Gasteiger partial charge is 0.226 e. The van der Waals surface area contributed by atoms with Crippen molar-refractivity contribution in [3.05, 3.63) is 47.4 Å². The summed E-state index contributed by atoms with van der Waals surface area (Å²) in [7, 11) is 0. The summed E-state index contributed by atoms with van der Waals surface area (Å²) >= 11 is 0. The van der Waals surface area contributed by atoms with Crippen molar-refractivity contribution in [1.82, 2.24) is 10.1 Å². The van der Waals surface area contributed by atoms with Gasteiger partial charge >= 0.3 is 0 Å². The number of halogens is 1. The molecule has 0 amide bonds. The lowest BCUT2D eigenvalue weighted by molar-refractivity contribution is 0.356. The van der Waals surface area contributed by atoms with Gasteiger partial charge in [0.25, 0.3) is 0 Å². The number of hydrogen-bond donors (Lipinski definition) is 1. The van der Waals surface area contributed by atoms with Crippen molar-refractivity contribution in [3.8, 4) is 0 Å². The minimum Gasteiger partial charge on any atom is -0.339 e. The van der Waals surface area contributed by atoms with Gasteiger partial charge in [-0.25, -0.2) is 4.39 Å². The van der Waals surface area contributed by atoms with Gasteiger partial charge in [-0.1, -0.05) is 24.2 Å². The molecule has 18 heavy (non-hydrogen) atoms. The molecule has 2 aromatic rings. The Balaban J connectivity index is 2.02. The van der Waals surface area contributed by atoms with Crippen LogP contribution in [0.2, 0.25) is 0 Å². The Bertz CT molecular complexity index is 512. The van der Waals surface area contributed by atoms with Gasteiger partial charge < -0.3 is 10.3 Å². The second kappa shape index (κ2) is 5.73. The normalized spacial score (nSPS) is 12.6. The molecule has 2 rings (SSSR count). The number of nitrogens with two attached hydrogens (primary N) is 1. The standard InChI is InChI=1S/C13H16FN3O/c1-9(8-15)5-13-16-12(17-18-13)7-10-3-2-4-11(14)6-10/h2-4,6,9H,5,7-8,15H2,1H3. The van der Waals surface area contributed by atoms with E-state index in [1.54, 1.807) is 6.07 Å². The molecule has 0 aliphatic carbocycles. The number of benzene rings is 1. The average molecular weight is 249 g/mol. The summed E-state index contributed by atoms with van der Waals surface area (Å²) in [4.78, 5) is 4.27. The third kappa shape index (κ3) is 3.37. The molecule has 0 aliphatic heterocycles. The Kier molecular flexibility index (Phi) is 4.04. The van der Waals surface area contributed by atoms with Gasteiger partial charge in [0.2, 0.25) is 5.89 Å². The topological polar surface area (TPSA) is 64.9 Å². The van der Waals surface area contributed by atoms with Gasteiger partial charge in [-0.3, -0.25) is 0 Å². The van der Waals surface area contributed by atoms with E-state index in [1.165, 1.54) is 12.1 Å². The lowest BCUT2D eigenvalue weighted by Crippen LogP contribution is -2.13. The first kappa shape index (κ1) is 12.7. The average Bonchev–Trinajstić information content (AvgIpc) is 2.76. The van der Waals surface area contributed by atoms with Gasteiger partial charge in [0.1, 0.15) is 5.82 Å². The van der Waals surface area contributed by atoms with Crippen LogP contribution in [0.3, 0.4) is 0 Å². The molecule has 4 nitrogen and oxygen atoms in total. The molecule has 1 aromatic carbocycles. The van der Waals surface area contributed by atoms with Crippen LogP contribution in [0.5, 0.6) is 0 Å². The van der Waals surface area contributed by atoms with Crippen molar-refractivity contribution < 1.29 is 8.91 Å². The van der Waals surface area contributed by atoms with Crippen LogP contribution in [0.25, 0.3) is 0 Å². The summed E-state index contributed by atoms with van der Waals surface area (Å²) in [5, 5.41) is 3.88. The number of nitrogens with zero attached hydrogens (tertiary/aromatic N) is 2. The third-order valence-electron chi connectivity index (χ3n) is 2.69. The third-order valence-corrected chi connectivity index (χ3v) is 2.69. The van der Waals surface area contributed by atoms with E-state index in [-0.39, 0.29) is 5.82 Å². The maximum absolute atomic E-state index is 13.0. The lowest BCUT2D eigenvalue weighted by atomic mass is 10.1. The van der Waals surface area contributed by atoms with Crippen molar-refractivity contribution in [3.63, 3.8) is 0 Å². The highest BCUT2D eigenvalue weighted by molar-refractivity contribution is 5.19. The Morgan fingerprint density at radius 2 is 2.28 bits per heavy atom. The van der Waals surface area contributed by atoms with Crippen LogP contribution in [0, 0.1) is 11.7 Å². The minimum atomic E-state index is -0.257. The van der Waals surface area contributed by atoms with Crippen molar-refractivity contribution in [2.75, 3.05) is 6.54 Å². The molecule has 0 radical (unpaired) electrons. The molecule has 0 saturated heterocycles. The second-order valence-corrected chi connectivity index (χ2v) is 4.46. The first-order valence-corrected chi connectivity index (χ1v) is 5.93. The summed E-state index contributed by atoms with van der Waals surface area (Å²) in [5.41, 5.74) is 6.36. The molecule has 96 valence electrons. The van der Waals surface area contributed by atoms with E-state index >= 15 is 0 Å². The Morgan fingerprint density at radius 3 is 3.00 bits per heavy atom. The highest BCUT2D eigenvalue weighted by atomic mass is 19.1. The van der Waals surface area contributed by atoms with Gasteiger partial charge in [-0.15, -0.1) is 0 Å². The van der Waals surface area contributed by atoms with Gasteiger partial charge in [0.15, 0.2) is 5.82 Å². The molecule has 1 aromatic heterocycles. The molecule has 2 N–H and O–H groups in total. The second-order valence-electron chi connectivity index (χ2n) is 4.46. The Hall–Kier alpha value is -1.75. The van der Waals surface area contributed by atoms with Crippen LogP contribution in [0.1, 0.15) is 24.2 Å². The summed E-state index contributed by atoms with van der Waals surface area (Å²) in [6, 6.07) is 6.39. The molecular formula is C13H16FN3O. The van der Waals surface area contributed by atoms with E-state index in [9.17, 15) is 4.39 Å². The van der Waals surface area contributed by atoms with Crippen LogP contribution >= 0.6 is 0 Å². The molecule has 0 bridgehead atoms. The first-order valence-electron chi connectivity index (χ1n) is 5.93. The Labute approximate surface area is 105 Å². The maximum Gasteiger partial charge on any atom is 0.226 e. The predicted octanol–water partition coefficient (Wildman–Crippen LogP) is 1.94. The minimum absolute atomic E-state index is 0.257. The fraction of sp³-hybridized carbons (Fsp3) is 0.385. The van der Waals surface area contributed by atoms with Crippen molar-refractivity contribution in [2.24, 2.45) is 11.7 Å². The van der Waals surface area contributed by atoms with Crippen molar-refractivity contribution in [2.45, 2.75) is 19.8 Å². The summed E-state index contributed by atoms with van der Waals surface area (Å²) in [6.45, 7) is 2.61. The first-order chi connectivity index (χ1) is 8.67. The molecule has 0 spiro atoms. The van der Waals surface area contributed by atoms with E-state index in [1.807, 2.05) is 13.0 Å². The van der Waals surface area contributed by atoms with Crippen LogP contribution in [-0.4, -0.2) is 16.7 Å². The van der Waals surface area contributed by atoms with Gasteiger partial charge in [-0.05, 0) is 30.2 Å². The molecule has 1 unspecified atom stereocenters. The van der Waals surface area contributed by atoms with E-state index in [0.29, 0.717) is 37.0 Å². The summed E-state index contributed by atoms with van der Waals surface area (Å²) < 4.78 is 18.1. The Morgan fingerprint density at radius 1 is 1.44 bits per heavy atom.